The molecule has 1 heterocycles. The van der Waals surface area contributed by atoms with Crippen LogP contribution in [0.2, 0.25) is 0 Å². The smallest absolute Gasteiger partial charge is 0.238 e. The molecule has 0 aliphatic heterocycles. The summed E-state index contributed by atoms with van der Waals surface area (Å²) in [6, 6.07) is 6.56. The molecule has 0 radical (unpaired) electrons. The van der Waals surface area contributed by atoms with E-state index in [-0.39, 0.29) is 10.9 Å². The molecule has 8 heteroatoms. The Balaban J connectivity index is 2.00. The Hall–Kier alpha value is -1.77. The first-order valence-electron chi connectivity index (χ1n) is 6.07. The third-order valence-corrected chi connectivity index (χ3v) is 3.88. The predicted molar refractivity (Wildman–Crippen MR) is 74.1 cm³/mol. The van der Waals surface area contributed by atoms with Gasteiger partial charge in [-0.1, -0.05) is 17.3 Å². The minimum atomic E-state index is -3.64. The van der Waals surface area contributed by atoms with E-state index >= 15 is 0 Å². The minimum absolute atomic E-state index is 0.0616. The molecule has 7 nitrogen and oxygen atoms in total. The second-order valence-electron chi connectivity index (χ2n) is 4.60. The van der Waals surface area contributed by atoms with Gasteiger partial charge >= 0.3 is 0 Å². The molecule has 0 bridgehead atoms. The number of primary sulfonamides is 1. The Labute approximate surface area is 117 Å². The molecule has 0 saturated heterocycles. The Bertz CT molecular complexity index is 678. The quantitative estimate of drug-likeness (QED) is 0.826. The molecule has 0 amide bonds. The van der Waals surface area contributed by atoms with E-state index in [9.17, 15) is 8.42 Å². The van der Waals surface area contributed by atoms with Gasteiger partial charge < -0.3 is 5.32 Å². The number of aryl methyl sites for hydroxylation is 1. The molecule has 1 unspecified atom stereocenters. The van der Waals surface area contributed by atoms with Crippen LogP contribution in [-0.4, -0.2) is 23.4 Å². The maximum Gasteiger partial charge on any atom is 0.238 e. The molecule has 20 heavy (non-hydrogen) atoms. The van der Waals surface area contributed by atoms with Crippen molar-refractivity contribution in [2.45, 2.75) is 24.4 Å². The Morgan fingerprint density at radius 1 is 1.35 bits per heavy atom. The summed E-state index contributed by atoms with van der Waals surface area (Å²) in [5.41, 5.74) is 1.82. The van der Waals surface area contributed by atoms with Gasteiger partial charge in [0.1, 0.15) is 0 Å². The van der Waals surface area contributed by atoms with E-state index in [1.54, 1.807) is 16.8 Å². The zero-order valence-corrected chi connectivity index (χ0v) is 12.1. The van der Waals surface area contributed by atoms with Crippen LogP contribution in [0.5, 0.6) is 0 Å². The van der Waals surface area contributed by atoms with Crippen molar-refractivity contribution in [3.05, 3.63) is 41.7 Å². The van der Waals surface area contributed by atoms with Gasteiger partial charge in [-0.25, -0.2) is 13.6 Å². The Morgan fingerprint density at radius 2 is 2.00 bits per heavy atom. The summed E-state index contributed by atoms with van der Waals surface area (Å²) in [7, 11) is -1.83. The second kappa shape index (κ2) is 5.70. The van der Waals surface area contributed by atoms with Crippen molar-refractivity contribution in [1.82, 2.24) is 20.3 Å². The first-order chi connectivity index (χ1) is 9.36. The van der Waals surface area contributed by atoms with Crippen molar-refractivity contribution in [2.75, 3.05) is 0 Å². The van der Waals surface area contributed by atoms with E-state index in [1.165, 1.54) is 12.1 Å². The molecule has 0 aliphatic rings. The molecule has 108 valence electrons. The molecule has 0 spiro atoms. The zero-order chi connectivity index (χ0) is 14.8. The Kier molecular flexibility index (Phi) is 4.17. The maximum atomic E-state index is 11.2. The molecular weight excluding hydrogens is 278 g/mol. The van der Waals surface area contributed by atoms with E-state index in [0.717, 1.165) is 11.3 Å². The van der Waals surface area contributed by atoms with Gasteiger partial charge in [0.2, 0.25) is 10.0 Å². The summed E-state index contributed by atoms with van der Waals surface area (Å²) in [4.78, 5) is 0.113. The molecular formula is C12H17N5O2S. The highest BCUT2D eigenvalue weighted by atomic mass is 32.2. The van der Waals surface area contributed by atoms with Crippen LogP contribution in [0.15, 0.2) is 35.4 Å². The van der Waals surface area contributed by atoms with Gasteiger partial charge in [-0.2, -0.15) is 0 Å². The fourth-order valence-corrected chi connectivity index (χ4v) is 2.31. The van der Waals surface area contributed by atoms with Crippen LogP contribution < -0.4 is 10.5 Å². The molecule has 1 aromatic carbocycles. The fraction of sp³-hybridized carbons (Fsp3) is 0.333. The molecule has 0 fully saturated rings. The number of benzene rings is 1. The summed E-state index contributed by atoms with van der Waals surface area (Å²) in [6.07, 6.45) is 1.84. The van der Waals surface area contributed by atoms with E-state index in [4.69, 9.17) is 5.14 Å². The monoisotopic (exact) mass is 295 g/mol. The highest BCUT2D eigenvalue weighted by molar-refractivity contribution is 7.89. The highest BCUT2D eigenvalue weighted by Crippen LogP contribution is 2.15. The number of aromatic nitrogens is 3. The van der Waals surface area contributed by atoms with Crippen LogP contribution in [0, 0.1) is 0 Å². The van der Waals surface area contributed by atoms with Crippen LogP contribution in [0.1, 0.15) is 24.2 Å². The third-order valence-electron chi connectivity index (χ3n) is 2.95. The molecule has 1 aromatic heterocycles. The Morgan fingerprint density at radius 3 is 2.50 bits per heavy atom. The lowest BCUT2D eigenvalue weighted by molar-refractivity contribution is 0.566. The van der Waals surface area contributed by atoms with Gasteiger partial charge in [-0.05, 0) is 24.6 Å². The number of nitrogens with one attached hydrogen (secondary N) is 1. The normalized spacial score (nSPS) is 13.3. The molecule has 0 saturated carbocycles. The summed E-state index contributed by atoms with van der Waals surface area (Å²) < 4.78 is 24.0. The standard InChI is InChI=1S/C12H17N5O2S/c1-9(14-7-11-8-17(2)16-15-11)10-3-5-12(6-4-10)20(13,18)19/h3-6,8-9,14H,7H2,1-2H3,(H2,13,18,19). The van der Waals surface area contributed by atoms with Crippen molar-refractivity contribution in [1.29, 1.82) is 0 Å². The summed E-state index contributed by atoms with van der Waals surface area (Å²) in [5, 5.41) is 16.2. The average Bonchev–Trinajstić information content (AvgIpc) is 2.81. The lowest BCUT2D eigenvalue weighted by Gasteiger charge is -2.13. The fourth-order valence-electron chi connectivity index (χ4n) is 1.80. The van der Waals surface area contributed by atoms with Gasteiger partial charge in [-0.15, -0.1) is 5.10 Å². The van der Waals surface area contributed by atoms with E-state index in [0.29, 0.717) is 6.54 Å². The first-order valence-corrected chi connectivity index (χ1v) is 7.62. The summed E-state index contributed by atoms with van der Waals surface area (Å²) in [6.45, 7) is 2.58. The number of sulfonamides is 1. The SMILES string of the molecule is CC(NCc1cn(C)nn1)c1ccc(S(N)(=O)=O)cc1. The molecule has 3 N–H and O–H groups in total. The number of nitrogens with two attached hydrogens (primary N) is 1. The van der Waals surface area contributed by atoms with Crippen LogP contribution in [0.25, 0.3) is 0 Å². The number of rotatable bonds is 5. The predicted octanol–water partition coefficient (Wildman–Crippen LogP) is 0.313. The second-order valence-corrected chi connectivity index (χ2v) is 6.16. The molecule has 0 aliphatic carbocycles. The highest BCUT2D eigenvalue weighted by Gasteiger charge is 2.10. The molecule has 2 rings (SSSR count). The zero-order valence-electron chi connectivity index (χ0n) is 11.3. The van der Waals surface area contributed by atoms with Crippen LogP contribution in [-0.2, 0) is 23.6 Å². The van der Waals surface area contributed by atoms with Crippen molar-refractivity contribution in [3.63, 3.8) is 0 Å². The number of hydrogen-bond donors (Lipinski definition) is 2. The van der Waals surface area contributed by atoms with Crippen LogP contribution in [0.3, 0.4) is 0 Å². The van der Waals surface area contributed by atoms with E-state index < -0.39 is 10.0 Å². The third kappa shape index (κ3) is 3.62. The van der Waals surface area contributed by atoms with Crippen molar-refractivity contribution in [3.8, 4) is 0 Å². The molecule has 1 atom stereocenters. The lowest BCUT2D eigenvalue weighted by Crippen LogP contribution is -2.18. The van der Waals surface area contributed by atoms with Crippen molar-refractivity contribution in [2.24, 2.45) is 12.2 Å². The van der Waals surface area contributed by atoms with Crippen LogP contribution in [0.4, 0.5) is 0 Å². The topological polar surface area (TPSA) is 103 Å². The average molecular weight is 295 g/mol. The van der Waals surface area contributed by atoms with Gasteiger partial charge in [0.15, 0.2) is 0 Å². The summed E-state index contributed by atoms with van der Waals surface area (Å²) in [5.74, 6) is 0. The van der Waals surface area contributed by atoms with Gasteiger partial charge in [0.25, 0.3) is 0 Å². The molecule has 2 aromatic rings. The van der Waals surface area contributed by atoms with Crippen LogP contribution >= 0.6 is 0 Å². The number of hydrogen-bond acceptors (Lipinski definition) is 5. The lowest BCUT2D eigenvalue weighted by atomic mass is 10.1. The summed E-state index contributed by atoms with van der Waals surface area (Å²) >= 11 is 0. The maximum absolute atomic E-state index is 11.2. The van der Waals surface area contributed by atoms with Gasteiger partial charge in [-0.3, -0.25) is 4.68 Å². The largest absolute Gasteiger partial charge is 0.304 e. The van der Waals surface area contributed by atoms with Gasteiger partial charge in [0, 0.05) is 25.8 Å². The van der Waals surface area contributed by atoms with Gasteiger partial charge in [0.05, 0.1) is 10.6 Å². The minimum Gasteiger partial charge on any atom is -0.304 e. The van der Waals surface area contributed by atoms with E-state index in [2.05, 4.69) is 15.6 Å². The van der Waals surface area contributed by atoms with Crippen molar-refractivity contribution >= 4 is 10.0 Å². The first kappa shape index (κ1) is 14.6. The van der Waals surface area contributed by atoms with E-state index in [1.807, 2.05) is 20.2 Å². The van der Waals surface area contributed by atoms with Crippen molar-refractivity contribution < 1.29 is 8.42 Å². The number of nitrogens with zero attached hydrogens (tertiary/aromatic N) is 3.